The molecule has 43 heavy (non-hydrogen) atoms. The Morgan fingerprint density at radius 3 is 1.95 bits per heavy atom. The van der Waals surface area contributed by atoms with Gasteiger partial charge in [0.25, 0.3) is 0 Å². The highest BCUT2D eigenvalue weighted by Gasteiger charge is 2.34. The molecular formula is C31H51N5O6S. The number of nitrogens with one attached hydrogen (secondary N) is 4. The average Bonchev–Trinajstić information content (AvgIpc) is 2.91. The number of rotatable bonds is 17. The number of carbonyl (C=O) groups excluding carboxylic acids is 5. The normalized spacial score (nSPS) is 14.9. The van der Waals surface area contributed by atoms with Crippen LogP contribution in [-0.2, 0) is 30.3 Å². The number of carbonyl (C=O) groups is 5. The molecule has 11 nitrogen and oxygen atoms in total. The van der Waals surface area contributed by atoms with Gasteiger partial charge in [-0.05, 0) is 63.0 Å². The SMILES string of the molecule is CC[C@H](C)[C@H](NC(=O)[C@H](CCSC)NC(=O)OC(C)(C)C)C(=O)N[C@@H](Cc1ccccc1)C(=O)N[C@@H](CC(C)C)C(N)=O. The van der Waals surface area contributed by atoms with Crippen LogP contribution in [0.5, 0.6) is 0 Å². The van der Waals surface area contributed by atoms with Crippen LogP contribution in [0, 0.1) is 11.8 Å². The van der Waals surface area contributed by atoms with E-state index in [1.807, 2.05) is 64.3 Å². The summed E-state index contributed by atoms with van der Waals surface area (Å²) in [6, 6.07) is 5.29. The van der Waals surface area contributed by atoms with Crippen LogP contribution in [0.2, 0.25) is 0 Å². The largest absolute Gasteiger partial charge is 0.444 e. The molecule has 0 heterocycles. The Kier molecular flexibility index (Phi) is 16.2. The van der Waals surface area contributed by atoms with Crippen molar-refractivity contribution >= 4 is 41.5 Å². The molecule has 0 aliphatic carbocycles. The Bertz CT molecular complexity index is 1060. The lowest BCUT2D eigenvalue weighted by molar-refractivity contribution is -0.134. The van der Waals surface area contributed by atoms with Crippen molar-refractivity contribution in [2.24, 2.45) is 17.6 Å². The Morgan fingerprint density at radius 2 is 1.44 bits per heavy atom. The summed E-state index contributed by atoms with van der Waals surface area (Å²) >= 11 is 1.52. The first-order valence-corrected chi connectivity index (χ1v) is 16.2. The molecule has 5 atom stereocenters. The predicted molar refractivity (Wildman–Crippen MR) is 170 cm³/mol. The highest BCUT2D eigenvalue weighted by molar-refractivity contribution is 7.98. The molecule has 0 spiro atoms. The molecule has 0 aliphatic heterocycles. The lowest BCUT2D eigenvalue weighted by Crippen LogP contribution is -2.60. The molecule has 1 rings (SSSR count). The highest BCUT2D eigenvalue weighted by Crippen LogP contribution is 2.13. The zero-order chi connectivity index (χ0) is 32.7. The Balaban J connectivity index is 3.23. The van der Waals surface area contributed by atoms with Crippen molar-refractivity contribution < 1.29 is 28.7 Å². The van der Waals surface area contributed by atoms with E-state index < -0.39 is 59.5 Å². The zero-order valence-electron chi connectivity index (χ0n) is 26.8. The second kappa shape index (κ2) is 18.4. The van der Waals surface area contributed by atoms with Crippen molar-refractivity contribution in [3.63, 3.8) is 0 Å². The first kappa shape index (κ1) is 37.7. The lowest BCUT2D eigenvalue weighted by Gasteiger charge is -2.29. The molecule has 0 radical (unpaired) electrons. The van der Waals surface area contributed by atoms with Gasteiger partial charge in [-0.2, -0.15) is 11.8 Å². The van der Waals surface area contributed by atoms with Crippen LogP contribution in [0.15, 0.2) is 30.3 Å². The summed E-state index contributed by atoms with van der Waals surface area (Å²) in [7, 11) is 0. The fraction of sp³-hybridized carbons (Fsp3) is 0.645. The van der Waals surface area contributed by atoms with Crippen molar-refractivity contribution in [1.82, 2.24) is 21.3 Å². The fourth-order valence-corrected chi connectivity index (χ4v) is 4.69. The van der Waals surface area contributed by atoms with Gasteiger partial charge in [-0.25, -0.2) is 4.79 Å². The maximum atomic E-state index is 13.7. The minimum Gasteiger partial charge on any atom is -0.444 e. The van der Waals surface area contributed by atoms with E-state index in [9.17, 15) is 24.0 Å². The lowest BCUT2D eigenvalue weighted by atomic mass is 9.96. The Hall–Kier alpha value is -3.28. The van der Waals surface area contributed by atoms with Gasteiger partial charge in [0.1, 0.15) is 29.8 Å². The van der Waals surface area contributed by atoms with Crippen LogP contribution in [0.1, 0.15) is 73.3 Å². The van der Waals surface area contributed by atoms with Crippen molar-refractivity contribution in [3.8, 4) is 0 Å². The van der Waals surface area contributed by atoms with Crippen molar-refractivity contribution in [1.29, 1.82) is 0 Å². The standard InChI is InChI=1S/C31H51N5O6S/c1-9-20(4)25(36-27(38)22(15-16-43-8)35-30(41)42-31(5,6)7)29(40)34-24(18-21-13-11-10-12-14-21)28(39)33-23(26(32)37)17-19(2)3/h10-14,19-20,22-25H,9,15-18H2,1-8H3,(H2,32,37)(H,33,39)(H,34,40)(H,35,41)(H,36,38)/t20-,22-,23-,24-,25-/m0/s1. The molecule has 0 unspecified atom stereocenters. The number of nitrogens with two attached hydrogens (primary N) is 1. The summed E-state index contributed by atoms with van der Waals surface area (Å²) in [5.74, 6) is -1.92. The van der Waals surface area contributed by atoms with Crippen molar-refractivity contribution in [3.05, 3.63) is 35.9 Å². The van der Waals surface area contributed by atoms with Gasteiger partial charge in [0.15, 0.2) is 0 Å². The number of amides is 5. The Labute approximate surface area is 260 Å². The first-order valence-electron chi connectivity index (χ1n) is 14.8. The quantitative estimate of drug-likeness (QED) is 0.178. The van der Waals surface area contributed by atoms with Crippen molar-refractivity contribution in [2.75, 3.05) is 12.0 Å². The monoisotopic (exact) mass is 621 g/mol. The van der Waals surface area contributed by atoms with Gasteiger partial charge in [0, 0.05) is 6.42 Å². The van der Waals surface area contributed by atoms with Gasteiger partial charge < -0.3 is 31.7 Å². The number of hydrogen-bond acceptors (Lipinski definition) is 7. The van der Waals surface area contributed by atoms with E-state index in [1.165, 1.54) is 11.8 Å². The number of hydrogen-bond donors (Lipinski definition) is 5. The summed E-state index contributed by atoms with van der Waals surface area (Å²) in [5, 5.41) is 10.9. The molecule has 0 saturated carbocycles. The van der Waals surface area contributed by atoms with Gasteiger partial charge in [-0.3, -0.25) is 19.2 Å². The highest BCUT2D eigenvalue weighted by atomic mass is 32.2. The molecule has 12 heteroatoms. The second-order valence-corrected chi connectivity index (χ2v) is 13.2. The molecule has 1 aromatic carbocycles. The van der Waals surface area contributed by atoms with Crippen LogP contribution in [0.25, 0.3) is 0 Å². The van der Waals surface area contributed by atoms with Crippen molar-refractivity contribution in [2.45, 2.75) is 104 Å². The summed E-state index contributed by atoms with van der Waals surface area (Å²) < 4.78 is 5.33. The molecule has 0 bridgehead atoms. The molecule has 242 valence electrons. The molecular weight excluding hydrogens is 570 g/mol. The van der Waals surface area contributed by atoms with Gasteiger partial charge in [-0.1, -0.05) is 64.4 Å². The van der Waals surface area contributed by atoms with Gasteiger partial charge in [0.05, 0.1) is 0 Å². The van der Waals surface area contributed by atoms with Gasteiger partial charge in [-0.15, -0.1) is 0 Å². The molecule has 5 amide bonds. The number of primary amides is 1. The number of ether oxygens (including phenoxy) is 1. The van der Waals surface area contributed by atoms with E-state index in [2.05, 4.69) is 21.3 Å². The summed E-state index contributed by atoms with van der Waals surface area (Å²) in [4.78, 5) is 65.1. The zero-order valence-corrected chi connectivity index (χ0v) is 27.6. The fourth-order valence-electron chi connectivity index (χ4n) is 4.22. The van der Waals surface area contributed by atoms with E-state index in [0.717, 1.165) is 5.56 Å². The predicted octanol–water partition coefficient (Wildman–Crippen LogP) is 2.91. The number of benzene rings is 1. The number of thioether (sulfide) groups is 1. The third-order valence-electron chi connectivity index (χ3n) is 6.69. The molecule has 6 N–H and O–H groups in total. The van der Waals surface area contributed by atoms with Gasteiger partial charge >= 0.3 is 6.09 Å². The van der Waals surface area contributed by atoms with E-state index >= 15 is 0 Å². The average molecular weight is 622 g/mol. The number of alkyl carbamates (subject to hydrolysis) is 1. The second-order valence-electron chi connectivity index (χ2n) is 12.2. The topological polar surface area (TPSA) is 169 Å². The van der Waals surface area contributed by atoms with E-state index in [4.69, 9.17) is 10.5 Å². The van der Waals surface area contributed by atoms with Crippen LogP contribution in [0.4, 0.5) is 4.79 Å². The van der Waals surface area contributed by atoms with E-state index in [1.54, 1.807) is 20.8 Å². The third kappa shape index (κ3) is 14.6. The van der Waals surface area contributed by atoms with E-state index in [-0.39, 0.29) is 18.3 Å². The van der Waals surface area contributed by atoms with Crippen LogP contribution in [0.3, 0.4) is 0 Å². The summed E-state index contributed by atoms with van der Waals surface area (Å²) in [5.41, 5.74) is 5.60. The van der Waals surface area contributed by atoms with Gasteiger partial charge in [0.2, 0.25) is 23.6 Å². The minimum absolute atomic E-state index is 0.0957. The summed E-state index contributed by atoms with van der Waals surface area (Å²) in [6.45, 7) is 12.7. The van der Waals surface area contributed by atoms with Crippen LogP contribution < -0.4 is 27.0 Å². The summed E-state index contributed by atoms with van der Waals surface area (Å²) in [6.07, 6.45) is 2.54. The first-order chi connectivity index (χ1) is 20.1. The molecule has 0 fully saturated rings. The molecule has 0 aromatic heterocycles. The minimum atomic E-state index is -1.04. The van der Waals surface area contributed by atoms with E-state index in [0.29, 0.717) is 25.0 Å². The Morgan fingerprint density at radius 1 is 0.860 bits per heavy atom. The molecule has 1 aromatic rings. The van der Waals surface area contributed by atoms with Crippen LogP contribution in [-0.4, -0.2) is 71.5 Å². The molecule has 0 aliphatic rings. The smallest absolute Gasteiger partial charge is 0.408 e. The third-order valence-corrected chi connectivity index (χ3v) is 7.34. The maximum Gasteiger partial charge on any atom is 0.408 e. The molecule has 0 saturated heterocycles. The maximum absolute atomic E-state index is 13.7. The van der Waals surface area contributed by atoms with Crippen LogP contribution >= 0.6 is 11.8 Å².